The Morgan fingerprint density at radius 1 is 1.14 bits per heavy atom. The number of nitro groups is 1. The zero-order chi connectivity index (χ0) is 15.6. The Kier molecular flexibility index (Phi) is 3.85. The predicted molar refractivity (Wildman–Crippen MR) is 75.4 cm³/mol. The zero-order valence-corrected chi connectivity index (χ0v) is 12.1. The summed E-state index contributed by atoms with van der Waals surface area (Å²) in [5, 5.41) is 10.9. The lowest BCUT2D eigenvalue weighted by Gasteiger charge is -2.08. The van der Waals surface area contributed by atoms with E-state index >= 15 is 0 Å². The molecule has 110 valence electrons. The van der Waals surface area contributed by atoms with Gasteiger partial charge in [-0.3, -0.25) is 10.1 Å². The van der Waals surface area contributed by atoms with E-state index < -0.39 is 25.5 Å². The van der Waals surface area contributed by atoms with E-state index in [-0.39, 0.29) is 5.95 Å². The summed E-state index contributed by atoms with van der Waals surface area (Å²) in [6, 6.07) is 6.76. The van der Waals surface area contributed by atoms with E-state index in [4.69, 9.17) is 0 Å². The van der Waals surface area contributed by atoms with Crippen LogP contribution < -0.4 is 4.72 Å². The van der Waals surface area contributed by atoms with Crippen LogP contribution >= 0.6 is 0 Å². The molecule has 1 heterocycles. The highest BCUT2D eigenvalue weighted by molar-refractivity contribution is 7.92. The minimum atomic E-state index is -4.14. The maximum atomic E-state index is 12.3. The van der Waals surface area contributed by atoms with Gasteiger partial charge in [0.25, 0.3) is 15.7 Å². The van der Waals surface area contributed by atoms with Crippen molar-refractivity contribution in [2.75, 3.05) is 4.72 Å². The molecule has 1 aromatic carbocycles. The molecule has 1 N–H and O–H groups in total. The van der Waals surface area contributed by atoms with Gasteiger partial charge >= 0.3 is 0 Å². The third kappa shape index (κ3) is 3.31. The van der Waals surface area contributed by atoms with Crippen molar-refractivity contribution in [3.05, 3.63) is 51.8 Å². The van der Waals surface area contributed by atoms with Crippen molar-refractivity contribution in [1.82, 2.24) is 9.97 Å². The first kappa shape index (κ1) is 14.9. The van der Waals surface area contributed by atoms with Crippen LogP contribution in [0.5, 0.6) is 0 Å². The van der Waals surface area contributed by atoms with E-state index in [1.807, 2.05) is 0 Å². The number of nitrogens with one attached hydrogen (secondary N) is 1. The first-order valence-electron chi connectivity index (χ1n) is 5.88. The molecule has 0 atom stereocenters. The highest BCUT2D eigenvalue weighted by Crippen LogP contribution is 2.24. The topological polar surface area (TPSA) is 115 Å². The van der Waals surface area contributed by atoms with Crippen LogP contribution in [-0.2, 0) is 10.0 Å². The second-order valence-electron chi connectivity index (χ2n) is 4.30. The summed E-state index contributed by atoms with van der Waals surface area (Å²) in [6.07, 6.45) is 0. The van der Waals surface area contributed by atoms with Crippen molar-refractivity contribution in [3.63, 3.8) is 0 Å². The molecule has 0 saturated carbocycles. The lowest BCUT2D eigenvalue weighted by atomic mass is 10.3. The minimum Gasteiger partial charge on any atom is -0.258 e. The van der Waals surface area contributed by atoms with E-state index in [9.17, 15) is 18.5 Å². The molecule has 0 amide bonds. The maximum absolute atomic E-state index is 12.3. The number of anilines is 1. The lowest BCUT2D eigenvalue weighted by Crippen LogP contribution is -2.17. The molecule has 0 aliphatic heterocycles. The number of para-hydroxylation sites is 1. The summed E-state index contributed by atoms with van der Waals surface area (Å²) < 4.78 is 26.7. The van der Waals surface area contributed by atoms with Gasteiger partial charge in [-0.2, -0.15) is 0 Å². The van der Waals surface area contributed by atoms with Crippen LogP contribution in [0.1, 0.15) is 11.4 Å². The Labute approximate surface area is 121 Å². The average Bonchev–Trinajstić information content (AvgIpc) is 2.36. The Bertz CT molecular complexity index is 784. The molecule has 0 fully saturated rings. The van der Waals surface area contributed by atoms with Gasteiger partial charge in [-0.15, -0.1) is 0 Å². The van der Waals surface area contributed by atoms with Crippen LogP contribution in [0.4, 0.5) is 11.6 Å². The number of sulfonamides is 1. The highest BCUT2D eigenvalue weighted by Gasteiger charge is 2.25. The van der Waals surface area contributed by atoms with Crippen LogP contribution in [0, 0.1) is 24.0 Å². The molecular weight excluding hydrogens is 296 g/mol. The lowest BCUT2D eigenvalue weighted by molar-refractivity contribution is -0.387. The van der Waals surface area contributed by atoms with E-state index in [1.54, 1.807) is 19.9 Å². The second-order valence-corrected chi connectivity index (χ2v) is 5.96. The molecular formula is C12H12N4O4S. The quantitative estimate of drug-likeness (QED) is 0.680. The average molecular weight is 308 g/mol. The minimum absolute atomic E-state index is 0.120. The monoisotopic (exact) mass is 308 g/mol. The largest absolute Gasteiger partial charge is 0.289 e. The van der Waals surface area contributed by atoms with Gasteiger partial charge < -0.3 is 0 Å². The van der Waals surface area contributed by atoms with Gasteiger partial charge in [-0.25, -0.2) is 23.1 Å². The summed E-state index contributed by atoms with van der Waals surface area (Å²) in [7, 11) is -4.14. The fourth-order valence-electron chi connectivity index (χ4n) is 1.78. The Hall–Kier alpha value is -2.55. The first-order valence-corrected chi connectivity index (χ1v) is 7.36. The van der Waals surface area contributed by atoms with Gasteiger partial charge in [0.2, 0.25) is 5.95 Å². The number of rotatable bonds is 4. The summed E-state index contributed by atoms with van der Waals surface area (Å²) in [5.41, 5.74) is 0.667. The van der Waals surface area contributed by atoms with Crippen LogP contribution in [0.2, 0.25) is 0 Å². The fourth-order valence-corrected chi connectivity index (χ4v) is 2.90. The van der Waals surface area contributed by atoms with Crippen molar-refractivity contribution in [2.45, 2.75) is 18.7 Å². The number of aromatic nitrogens is 2. The smallest absolute Gasteiger partial charge is 0.258 e. The van der Waals surface area contributed by atoms with E-state index in [2.05, 4.69) is 14.7 Å². The molecule has 2 aromatic rings. The molecule has 0 radical (unpaired) electrons. The molecule has 8 nitrogen and oxygen atoms in total. The predicted octanol–water partition coefficient (Wildman–Crippen LogP) is 1.80. The molecule has 0 unspecified atom stereocenters. The van der Waals surface area contributed by atoms with E-state index in [0.29, 0.717) is 11.4 Å². The van der Waals surface area contributed by atoms with Crippen molar-refractivity contribution in [3.8, 4) is 0 Å². The number of hydrogen-bond acceptors (Lipinski definition) is 6. The van der Waals surface area contributed by atoms with E-state index in [1.165, 1.54) is 12.1 Å². The van der Waals surface area contributed by atoms with Crippen LogP contribution in [-0.4, -0.2) is 23.3 Å². The van der Waals surface area contributed by atoms with Crippen molar-refractivity contribution < 1.29 is 13.3 Å². The summed E-state index contributed by atoms with van der Waals surface area (Å²) in [4.78, 5) is 17.6. The molecule has 0 bridgehead atoms. The third-order valence-corrected chi connectivity index (χ3v) is 3.93. The second kappa shape index (κ2) is 5.44. The highest BCUT2D eigenvalue weighted by atomic mass is 32.2. The maximum Gasteiger partial charge on any atom is 0.289 e. The number of nitro benzene ring substituents is 1. The van der Waals surface area contributed by atoms with Gasteiger partial charge in [0.05, 0.1) is 4.92 Å². The van der Waals surface area contributed by atoms with Crippen LogP contribution in [0.25, 0.3) is 0 Å². The first-order chi connectivity index (χ1) is 9.79. The molecule has 0 saturated heterocycles. The van der Waals surface area contributed by atoms with Gasteiger partial charge in [0.1, 0.15) is 0 Å². The Morgan fingerprint density at radius 2 is 1.71 bits per heavy atom. The number of nitrogens with zero attached hydrogens (tertiary/aromatic N) is 3. The number of hydrogen-bond donors (Lipinski definition) is 1. The molecule has 0 spiro atoms. The molecule has 21 heavy (non-hydrogen) atoms. The molecule has 0 aliphatic rings. The van der Waals surface area contributed by atoms with Crippen molar-refractivity contribution >= 4 is 21.7 Å². The standard InChI is InChI=1S/C12H12N4O4S/c1-8-7-9(2)14-12(13-8)15-21(19,20)11-6-4-3-5-10(11)16(17)18/h3-7H,1-2H3,(H,13,14,15). The molecule has 1 aromatic heterocycles. The van der Waals surface area contributed by atoms with Gasteiger partial charge in [0, 0.05) is 17.5 Å². The Morgan fingerprint density at radius 3 is 2.29 bits per heavy atom. The fraction of sp³-hybridized carbons (Fsp3) is 0.167. The molecule has 0 aliphatic carbocycles. The summed E-state index contributed by atoms with van der Waals surface area (Å²) >= 11 is 0. The third-order valence-electron chi connectivity index (χ3n) is 2.56. The van der Waals surface area contributed by atoms with E-state index in [0.717, 1.165) is 12.1 Å². The van der Waals surface area contributed by atoms with Gasteiger partial charge in [0.15, 0.2) is 4.90 Å². The normalized spacial score (nSPS) is 11.1. The van der Waals surface area contributed by atoms with Gasteiger partial charge in [-0.05, 0) is 26.0 Å². The summed E-state index contributed by atoms with van der Waals surface area (Å²) in [5.74, 6) is -0.120. The molecule has 9 heteroatoms. The van der Waals surface area contributed by atoms with Crippen LogP contribution in [0.3, 0.4) is 0 Å². The van der Waals surface area contributed by atoms with Crippen LogP contribution in [0.15, 0.2) is 35.2 Å². The number of aryl methyl sites for hydroxylation is 2. The number of benzene rings is 1. The Balaban J connectivity index is 2.46. The summed E-state index contributed by atoms with van der Waals surface area (Å²) in [6.45, 7) is 3.38. The molecule has 2 rings (SSSR count). The van der Waals surface area contributed by atoms with Crippen molar-refractivity contribution in [2.24, 2.45) is 0 Å². The zero-order valence-electron chi connectivity index (χ0n) is 11.3. The van der Waals surface area contributed by atoms with Crippen molar-refractivity contribution in [1.29, 1.82) is 0 Å². The SMILES string of the molecule is Cc1cc(C)nc(NS(=O)(=O)c2ccccc2[N+](=O)[O-])n1. The van der Waals surface area contributed by atoms with Gasteiger partial charge in [-0.1, -0.05) is 12.1 Å².